The molecule has 0 aliphatic carbocycles. The Kier molecular flexibility index (Phi) is 4.24. The van der Waals surface area contributed by atoms with E-state index < -0.39 is 14.2 Å². The fourth-order valence-corrected chi connectivity index (χ4v) is 0.839. The second-order valence-electron chi connectivity index (χ2n) is 1.70. The van der Waals surface area contributed by atoms with Gasteiger partial charge in [-0.05, 0) is 15.5 Å². The molecule has 0 heterocycles. The number of hydrogen-bond donors (Lipinski definition) is 0. The fourth-order valence-electron chi connectivity index (χ4n) is 0.280. The van der Waals surface area contributed by atoms with Crippen molar-refractivity contribution in [1.82, 2.24) is 0 Å². The quantitative estimate of drug-likeness (QED) is 0.448. The predicted octanol–water partition coefficient (Wildman–Crippen LogP) is 2.27. The van der Waals surface area contributed by atoms with Crippen molar-refractivity contribution in [3.63, 3.8) is 0 Å². The van der Waals surface area contributed by atoms with Crippen molar-refractivity contribution in [3.8, 4) is 0 Å². The lowest BCUT2D eigenvalue weighted by Gasteiger charge is -2.08. The molecule has 0 spiro atoms. The van der Waals surface area contributed by atoms with E-state index in [2.05, 4.69) is 0 Å². The van der Waals surface area contributed by atoms with Crippen molar-refractivity contribution in [2.45, 2.75) is 19.5 Å². The Hall–Kier alpha value is 0.250. The molecule has 0 aromatic rings. The lowest BCUT2D eigenvalue weighted by molar-refractivity contribution is 0.116. The molecule has 0 bridgehead atoms. The summed E-state index contributed by atoms with van der Waals surface area (Å²) in [5.41, 5.74) is -2.55. The molecule has 1 nitrogen and oxygen atoms in total. The molecule has 0 aromatic carbocycles. The molecule has 0 aromatic heterocycles. The first-order valence-corrected chi connectivity index (χ1v) is 3.97. The largest absolute Gasteiger partial charge is 0.377 e. The van der Waals surface area contributed by atoms with Gasteiger partial charge in [0.15, 0.2) is 0 Å². The van der Waals surface area contributed by atoms with E-state index in [1.807, 2.05) is 0 Å². The van der Waals surface area contributed by atoms with E-state index in [-0.39, 0.29) is 6.35 Å². The first-order valence-electron chi connectivity index (χ1n) is 2.77. The predicted molar refractivity (Wildman–Crippen MR) is 35.4 cm³/mol. The SMILES string of the molecule is CCOCPC(C)(F)F. The highest BCUT2D eigenvalue weighted by Crippen LogP contribution is 2.33. The molecule has 0 N–H and O–H groups in total. The molecule has 0 aliphatic rings. The van der Waals surface area contributed by atoms with Crippen LogP contribution in [0.25, 0.3) is 0 Å². The van der Waals surface area contributed by atoms with Crippen LogP contribution in [0.15, 0.2) is 0 Å². The van der Waals surface area contributed by atoms with Crippen molar-refractivity contribution in [1.29, 1.82) is 0 Å². The van der Waals surface area contributed by atoms with Crippen LogP contribution in [0.3, 0.4) is 0 Å². The Bertz CT molecular complexity index is 71.8. The lowest BCUT2D eigenvalue weighted by Crippen LogP contribution is -2.02. The van der Waals surface area contributed by atoms with Gasteiger partial charge >= 0.3 is 0 Å². The highest BCUT2D eigenvalue weighted by atomic mass is 31.1. The molecule has 0 aliphatic heterocycles. The highest BCUT2D eigenvalue weighted by molar-refractivity contribution is 7.39. The normalized spacial score (nSPS) is 13.3. The van der Waals surface area contributed by atoms with E-state index in [1.165, 1.54) is 0 Å². The smallest absolute Gasteiger partial charge is 0.261 e. The lowest BCUT2D eigenvalue weighted by atomic mass is 10.9. The zero-order valence-corrected chi connectivity index (χ0v) is 6.58. The molecule has 0 fully saturated rings. The van der Waals surface area contributed by atoms with Crippen LogP contribution in [0.4, 0.5) is 8.78 Å². The fraction of sp³-hybridized carbons (Fsp3) is 1.00. The maximum absolute atomic E-state index is 12.0. The van der Waals surface area contributed by atoms with E-state index in [1.54, 1.807) is 6.92 Å². The van der Waals surface area contributed by atoms with Crippen LogP contribution >= 0.6 is 8.58 Å². The molecular weight excluding hydrogens is 145 g/mol. The van der Waals surface area contributed by atoms with Gasteiger partial charge in [0, 0.05) is 13.5 Å². The molecule has 1 atom stereocenters. The van der Waals surface area contributed by atoms with Crippen LogP contribution < -0.4 is 0 Å². The maximum Gasteiger partial charge on any atom is 0.261 e. The van der Waals surface area contributed by atoms with Gasteiger partial charge in [0.05, 0.1) is 6.35 Å². The summed E-state index contributed by atoms with van der Waals surface area (Å²) in [5, 5.41) is 0. The summed E-state index contributed by atoms with van der Waals surface area (Å²) in [6.45, 7) is 3.21. The number of ether oxygens (including phenoxy) is 1. The summed E-state index contributed by atoms with van der Waals surface area (Å²) in [7, 11) is -0.407. The topological polar surface area (TPSA) is 9.23 Å². The minimum absolute atomic E-state index is 0.181. The number of halogens is 2. The summed E-state index contributed by atoms with van der Waals surface area (Å²) in [5.74, 6) is 0. The third kappa shape index (κ3) is 8.25. The van der Waals surface area contributed by atoms with Gasteiger partial charge in [-0.2, -0.15) is 0 Å². The van der Waals surface area contributed by atoms with Crippen LogP contribution in [0, 0.1) is 0 Å². The molecule has 56 valence electrons. The van der Waals surface area contributed by atoms with Crippen LogP contribution in [0.1, 0.15) is 13.8 Å². The standard InChI is InChI=1S/C5H11F2OP/c1-3-8-4-9-5(2,6)7/h9H,3-4H2,1-2H3. The van der Waals surface area contributed by atoms with Crippen LogP contribution in [0.5, 0.6) is 0 Å². The highest BCUT2D eigenvalue weighted by Gasteiger charge is 2.19. The molecule has 4 heteroatoms. The first kappa shape index (κ1) is 9.25. The third-order valence-corrected chi connectivity index (χ3v) is 1.66. The molecule has 0 rings (SSSR count). The average molecular weight is 156 g/mol. The minimum Gasteiger partial charge on any atom is -0.377 e. The van der Waals surface area contributed by atoms with E-state index in [0.717, 1.165) is 6.92 Å². The van der Waals surface area contributed by atoms with Crippen molar-refractivity contribution < 1.29 is 13.5 Å². The first-order chi connectivity index (χ1) is 4.06. The number of rotatable bonds is 4. The zero-order chi connectivity index (χ0) is 7.33. The summed E-state index contributed by atoms with van der Waals surface area (Å²) in [4.78, 5) is 0. The van der Waals surface area contributed by atoms with Gasteiger partial charge in [-0.15, -0.1) is 0 Å². The van der Waals surface area contributed by atoms with E-state index >= 15 is 0 Å². The number of hydrogen-bond acceptors (Lipinski definition) is 1. The van der Waals surface area contributed by atoms with Crippen LogP contribution in [0.2, 0.25) is 0 Å². The molecule has 9 heavy (non-hydrogen) atoms. The van der Waals surface area contributed by atoms with Gasteiger partial charge in [0.1, 0.15) is 0 Å². The van der Waals surface area contributed by atoms with Crippen molar-refractivity contribution in [2.75, 3.05) is 13.0 Å². The van der Waals surface area contributed by atoms with Crippen molar-refractivity contribution in [3.05, 3.63) is 0 Å². The molecule has 0 radical (unpaired) electrons. The van der Waals surface area contributed by atoms with Gasteiger partial charge in [-0.3, -0.25) is 0 Å². The molecule has 0 saturated carbocycles. The molecule has 0 saturated heterocycles. The van der Waals surface area contributed by atoms with Gasteiger partial charge in [0.25, 0.3) is 5.66 Å². The Labute approximate surface area is 55.6 Å². The molecule has 0 amide bonds. The maximum atomic E-state index is 12.0. The third-order valence-electron chi connectivity index (χ3n) is 0.689. The van der Waals surface area contributed by atoms with E-state index in [4.69, 9.17) is 4.74 Å². The van der Waals surface area contributed by atoms with Crippen molar-refractivity contribution >= 4 is 8.58 Å². The average Bonchev–Trinajstić information content (AvgIpc) is 1.63. The Morgan fingerprint density at radius 2 is 2.11 bits per heavy atom. The van der Waals surface area contributed by atoms with Gasteiger partial charge < -0.3 is 4.74 Å². The molecule has 1 unspecified atom stereocenters. The van der Waals surface area contributed by atoms with E-state index in [9.17, 15) is 8.78 Å². The zero-order valence-electron chi connectivity index (χ0n) is 5.58. The summed E-state index contributed by atoms with van der Waals surface area (Å²) < 4.78 is 28.7. The Morgan fingerprint density at radius 1 is 1.56 bits per heavy atom. The Balaban J connectivity index is 3.07. The summed E-state index contributed by atoms with van der Waals surface area (Å²) in [6, 6.07) is 0. The van der Waals surface area contributed by atoms with Gasteiger partial charge in [0.2, 0.25) is 0 Å². The van der Waals surface area contributed by atoms with Crippen molar-refractivity contribution in [2.24, 2.45) is 0 Å². The second-order valence-corrected chi connectivity index (χ2v) is 3.22. The van der Waals surface area contributed by atoms with Gasteiger partial charge in [-0.25, -0.2) is 8.78 Å². The minimum atomic E-state index is -2.55. The summed E-state index contributed by atoms with van der Waals surface area (Å²) in [6.07, 6.45) is 0.181. The monoisotopic (exact) mass is 156 g/mol. The van der Waals surface area contributed by atoms with Crippen LogP contribution in [-0.4, -0.2) is 18.6 Å². The Morgan fingerprint density at radius 3 is 2.44 bits per heavy atom. The second kappa shape index (κ2) is 4.13. The molecular formula is C5H11F2OP. The number of alkyl halides is 2. The summed E-state index contributed by atoms with van der Waals surface area (Å²) >= 11 is 0. The van der Waals surface area contributed by atoms with E-state index in [0.29, 0.717) is 6.61 Å². The van der Waals surface area contributed by atoms with Crippen LogP contribution in [-0.2, 0) is 4.74 Å². The van der Waals surface area contributed by atoms with Gasteiger partial charge in [-0.1, -0.05) is 0 Å².